The van der Waals surface area contributed by atoms with E-state index in [4.69, 9.17) is 9.47 Å². The molecule has 28 heavy (non-hydrogen) atoms. The molecule has 150 valence electrons. The molecule has 7 nitrogen and oxygen atoms in total. The Morgan fingerprint density at radius 3 is 2.46 bits per heavy atom. The Morgan fingerprint density at radius 1 is 1.14 bits per heavy atom. The Morgan fingerprint density at radius 2 is 1.86 bits per heavy atom. The van der Waals surface area contributed by atoms with Crippen LogP contribution in [0.5, 0.6) is 5.88 Å². The molecule has 0 aromatic carbocycles. The Labute approximate surface area is 157 Å². The van der Waals surface area contributed by atoms with Crippen LogP contribution in [-0.4, -0.2) is 43.7 Å². The van der Waals surface area contributed by atoms with E-state index in [0.29, 0.717) is 22.7 Å². The summed E-state index contributed by atoms with van der Waals surface area (Å²) < 4.78 is 64.5. The van der Waals surface area contributed by atoms with Crippen LogP contribution in [0.25, 0.3) is 16.9 Å². The van der Waals surface area contributed by atoms with Crippen LogP contribution in [0.3, 0.4) is 0 Å². The van der Waals surface area contributed by atoms with Crippen LogP contribution in [0.1, 0.15) is 25.2 Å². The fourth-order valence-corrected chi connectivity index (χ4v) is 2.40. The van der Waals surface area contributed by atoms with E-state index in [2.05, 4.69) is 20.3 Å². The van der Waals surface area contributed by atoms with Gasteiger partial charge in [-0.05, 0) is 38.5 Å². The lowest BCUT2D eigenvalue weighted by atomic mass is 10.1. The number of halogens is 4. The van der Waals surface area contributed by atoms with Gasteiger partial charge < -0.3 is 9.47 Å². The molecule has 0 amide bonds. The average molecular weight is 399 g/mol. The summed E-state index contributed by atoms with van der Waals surface area (Å²) in [6.07, 6.45) is -3.48. The lowest BCUT2D eigenvalue weighted by molar-refractivity contribution is -0.235. The summed E-state index contributed by atoms with van der Waals surface area (Å²) in [5, 5.41) is 12.3. The highest BCUT2D eigenvalue weighted by molar-refractivity contribution is 5.64. The molecule has 3 aromatic heterocycles. The maximum absolute atomic E-state index is 14.4. The number of aromatic nitrogens is 5. The standard InChI is InChI=1S/C17H17F4N5O2/c1-9-5-12-23-24-13(8-27-4)26(12)25-14(9)10-6-11(18)15(22-7-10)28-16(2,3)17(19,20)21/h5-7H,8H2,1-4H3. The summed E-state index contributed by atoms with van der Waals surface area (Å²) in [6.45, 7) is 3.50. The van der Waals surface area contributed by atoms with Gasteiger partial charge in [0.15, 0.2) is 22.9 Å². The van der Waals surface area contributed by atoms with Crippen LogP contribution in [0, 0.1) is 12.7 Å². The first kappa shape index (κ1) is 19.9. The maximum Gasteiger partial charge on any atom is 0.427 e. The number of ether oxygens (including phenoxy) is 2. The van der Waals surface area contributed by atoms with Gasteiger partial charge in [-0.15, -0.1) is 10.2 Å². The topological polar surface area (TPSA) is 74.4 Å². The molecule has 0 saturated heterocycles. The Balaban J connectivity index is 2.00. The Kier molecular flexibility index (Phi) is 4.96. The summed E-state index contributed by atoms with van der Waals surface area (Å²) in [7, 11) is 1.50. The van der Waals surface area contributed by atoms with E-state index in [0.717, 1.165) is 19.9 Å². The minimum Gasteiger partial charge on any atom is -0.460 e. The average Bonchev–Trinajstić information content (AvgIpc) is 2.97. The Hall–Kier alpha value is -2.82. The van der Waals surface area contributed by atoms with Crippen molar-refractivity contribution in [1.82, 2.24) is 24.8 Å². The van der Waals surface area contributed by atoms with Gasteiger partial charge in [-0.3, -0.25) is 0 Å². The van der Waals surface area contributed by atoms with E-state index < -0.39 is 23.5 Å². The summed E-state index contributed by atoms with van der Waals surface area (Å²) in [5.74, 6) is -1.33. The smallest absolute Gasteiger partial charge is 0.427 e. The van der Waals surface area contributed by atoms with Crippen molar-refractivity contribution in [2.75, 3.05) is 7.11 Å². The lowest BCUT2D eigenvalue weighted by Crippen LogP contribution is -2.45. The molecule has 0 radical (unpaired) electrons. The van der Waals surface area contributed by atoms with Crippen molar-refractivity contribution in [3.05, 3.63) is 35.5 Å². The van der Waals surface area contributed by atoms with Gasteiger partial charge in [-0.2, -0.15) is 22.8 Å². The predicted molar refractivity (Wildman–Crippen MR) is 90.2 cm³/mol. The van der Waals surface area contributed by atoms with Gasteiger partial charge in [-0.25, -0.2) is 9.37 Å². The number of fused-ring (bicyclic) bond motifs is 1. The van der Waals surface area contributed by atoms with Crippen LogP contribution >= 0.6 is 0 Å². The number of hydrogen-bond acceptors (Lipinski definition) is 6. The summed E-state index contributed by atoms with van der Waals surface area (Å²) >= 11 is 0. The molecule has 0 saturated carbocycles. The van der Waals surface area contributed by atoms with Gasteiger partial charge in [0, 0.05) is 18.9 Å². The molecular formula is C17H17F4N5O2. The molecule has 11 heteroatoms. The first-order valence-electron chi connectivity index (χ1n) is 8.16. The molecule has 3 rings (SSSR count). The third-order valence-corrected chi connectivity index (χ3v) is 4.04. The molecule has 0 spiro atoms. The molecule has 0 aliphatic rings. The van der Waals surface area contributed by atoms with Crippen molar-refractivity contribution < 1.29 is 27.0 Å². The van der Waals surface area contributed by atoms with E-state index in [1.54, 1.807) is 13.0 Å². The van der Waals surface area contributed by atoms with E-state index in [-0.39, 0.29) is 12.2 Å². The quantitative estimate of drug-likeness (QED) is 0.612. The summed E-state index contributed by atoms with van der Waals surface area (Å²) in [6, 6.07) is 2.72. The second-order valence-corrected chi connectivity index (χ2v) is 6.62. The van der Waals surface area contributed by atoms with Crippen LogP contribution in [0.2, 0.25) is 0 Å². The largest absolute Gasteiger partial charge is 0.460 e. The number of aryl methyl sites for hydroxylation is 1. The minimum atomic E-state index is -4.69. The van der Waals surface area contributed by atoms with Crippen molar-refractivity contribution >= 4 is 5.65 Å². The SMILES string of the molecule is COCc1nnc2cc(C)c(-c3cnc(OC(C)(C)C(F)(F)F)c(F)c3)nn12. The van der Waals surface area contributed by atoms with Gasteiger partial charge in [0.1, 0.15) is 6.61 Å². The minimum absolute atomic E-state index is 0.169. The van der Waals surface area contributed by atoms with Gasteiger partial charge in [0.05, 0.1) is 5.69 Å². The highest BCUT2D eigenvalue weighted by Gasteiger charge is 2.50. The molecule has 3 aromatic rings. The summed E-state index contributed by atoms with van der Waals surface area (Å²) in [4.78, 5) is 3.72. The first-order chi connectivity index (χ1) is 13.0. The van der Waals surface area contributed by atoms with Crippen LogP contribution in [0.4, 0.5) is 17.6 Å². The zero-order valence-corrected chi connectivity index (χ0v) is 15.5. The van der Waals surface area contributed by atoms with Crippen LogP contribution < -0.4 is 4.74 Å². The van der Waals surface area contributed by atoms with Crippen molar-refractivity contribution in [2.45, 2.75) is 39.2 Å². The molecular weight excluding hydrogens is 382 g/mol. The molecule has 0 unspecified atom stereocenters. The predicted octanol–water partition coefficient (Wildman–Crippen LogP) is 3.50. The molecule has 0 atom stereocenters. The highest BCUT2D eigenvalue weighted by atomic mass is 19.4. The number of nitrogens with zero attached hydrogens (tertiary/aromatic N) is 5. The molecule has 0 N–H and O–H groups in total. The molecule has 0 aliphatic heterocycles. The fourth-order valence-electron chi connectivity index (χ4n) is 2.40. The van der Waals surface area contributed by atoms with Crippen molar-refractivity contribution in [3.8, 4) is 17.1 Å². The van der Waals surface area contributed by atoms with Gasteiger partial charge in [-0.1, -0.05) is 0 Å². The highest BCUT2D eigenvalue weighted by Crippen LogP contribution is 2.35. The van der Waals surface area contributed by atoms with Gasteiger partial charge in [0.2, 0.25) is 0 Å². The van der Waals surface area contributed by atoms with Crippen LogP contribution in [-0.2, 0) is 11.3 Å². The van der Waals surface area contributed by atoms with E-state index in [1.165, 1.54) is 17.8 Å². The van der Waals surface area contributed by atoms with Crippen molar-refractivity contribution in [1.29, 1.82) is 0 Å². The maximum atomic E-state index is 14.4. The normalized spacial score (nSPS) is 12.6. The lowest BCUT2D eigenvalue weighted by Gasteiger charge is -2.28. The number of hydrogen-bond donors (Lipinski definition) is 0. The number of rotatable bonds is 5. The van der Waals surface area contributed by atoms with E-state index in [1.807, 2.05) is 0 Å². The zero-order valence-electron chi connectivity index (χ0n) is 15.5. The third-order valence-electron chi connectivity index (χ3n) is 4.04. The van der Waals surface area contributed by atoms with Gasteiger partial charge >= 0.3 is 6.18 Å². The second kappa shape index (κ2) is 6.97. The molecule has 0 bridgehead atoms. The number of alkyl halides is 3. The monoisotopic (exact) mass is 399 g/mol. The fraction of sp³-hybridized carbons (Fsp3) is 0.412. The molecule has 0 fully saturated rings. The Bertz CT molecular complexity index is 1020. The third kappa shape index (κ3) is 3.61. The number of pyridine rings is 1. The molecule has 0 aliphatic carbocycles. The van der Waals surface area contributed by atoms with Crippen molar-refractivity contribution in [2.24, 2.45) is 0 Å². The first-order valence-corrected chi connectivity index (χ1v) is 8.16. The molecule has 3 heterocycles. The number of methoxy groups -OCH3 is 1. The second-order valence-electron chi connectivity index (χ2n) is 6.62. The van der Waals surface area contributed by atoms with Crippen LogP contribution in [0.15, 0.2) is 18.3 Å². The zero-order chi connectivity index (χ0) is 20.7. The van der Waals surface area contributed by atoms with E-state index >= 15 is 0 Å². The van der Waals surface area contributed by atoms with E-state index in [9.17, 15) is 17.6 Å². The summed E-state index contributed by atoms with van der Waals surface area (Å²) in [5.41, 5.74) is -0.806. The van der Waals surface area contributed by atoms with Gasteiger partial charge in [0.25, 0.3) is 5.88 Å². The van der Waals surface area contributed by atoms with Crippen molar-refractivity contribution in [3.63, 3.8) is 0 Å².